The normalized spacial score (nSPS) is 15.0. The van der Waals surface area contributed by atoms with Gasteiger partial charge in [0.25, 0.3) is 0 Å². The highest BCUT2D eigenvalue weighted by atomic mass is 16.7. The standard InChI is InChI=1S/C27H41NO9/c1-7-16(4)12-22(29)36-20-11-10-19(14-21(20)37-23(30)13-17(5)8-2)24(25(28)26(31)32)18(6)15-35-27(33)34-9-3/h10-11,14,16-18,24-25H,7-9,12-13,15,28H2,1-6H3,(H,31,32)/t16?,17?,18?,24?,25-/m0/s1. The van der Waals surface area contributed by atoms with E-state index in [1.54, 1.807) is 19.9 Å². The van der Waals surface area contributed by atoms with Gasteiger partial charge in [-0.2, -0.15) is 0 Å². The Balaban J connectivity index is 3.36. The molecule has 5 atom stereocenters. The van der Waals surface area contributed by atoms with Crippen LogP contribution in [-0.4, -0.2) is 48.4 Å². The quantitative estimate of drug-likeness (QED) is 0.245. The number of aliphatic carboxylic acids is 1. The molecule has 0 aliphatic carbocycles. The van der Waals surface area contributed by atoms with E-state index in [4.69, 9.17) is 24.7 Å². The number of hydrogen-bond acceptors (Lipinski definition) is 9. The smallest absolute Gasteiger partial charge is 0.480 e. The Morgan fingerprint density at radius 3 is 1.89 bits per heavy atom. The van der Waals surface area contributed by atoms with Crippen molar-refractivity contribution in [3.8, 4) is 11.5 Å². The molecule has 3 N–H and O–H groups in total. The van der Waals surface area contributed by atoms with E-state index < -0.39 is 41.9 Å². The summed E-state index contributed by atoms with van der Waals surface area (Å²) in [5, 5.41) is 9.63. The van der Waals surface area contributed by atoms with Gasteiger partial charge in [0.1, 0.15) is 6.04 Å². The van der Waals surface area contributed by atoms with Gasteiger partial charge in [0, 0.05) is 18.8 Å². The lowest BCUT2D eigenvalue weighted by atomic mass is 9.82. The van der Waals surface area contributed by atoms with Gasteiger partial charge in [0.2, 0.25) is 0 Å². The van der Waals surface area contributed by atoms with Crippen molar-refractivity contribution in [1.82, 2.24) is 0 Å². The van der Waals surface area contributed by atoms with Crippen molar-refractivity contribution in [2.45, 2.75) is 79.2 Å². The summed E-state index contributed by atoms with van der Waals surface area (Å²) in [7, 11) is 0. The zero-order valence-corrected chi connectivity index (χ0v) is 22.7. The molecule has 10 heteroatoms. The number of carboxylic acid groups (broad SMARTS) is 1. The molecule has 208 valence electrons. The maximum atomic E-state index is 12.6. The third kappa shape index (κ3) is 10.8. The zero-order chi connectivity index (χ0) is 28.1. The van der Waals surface area contributed by atoms with Crippen LogP contribution in [0.2, 0.25) is 0 Å². The van der Waals surface area contributed by atoms with Crippen LogP contribution < -0.4 is 15.2 Å². The van der Waals surface area contributed by atoms with Gasteiger partial charge < -0.3 is 29.8 Å². The van der Waals surface area contributed by atoms with Crippen molar-refractivity contribution in [2.75, 3.05) is 13.2 Å². The highest BCUT2D eigenvalue weighted by Crippen LogP contribution is 2.36. The summed E-state index contributed by atoms with van der Waals surface area (Å²) in [4.78, 5) is 48.5. The van der Waals surface area contributed by atoms with Crippen LogP contribution in [0, 0.1) is 17.8 Å². The summed E-state index contributed by atoms with van der Waals surface area (Å²) in [6.07, 6.45) is 1.04. The van der Waals surface area contributed by atoms with E-state index >= 15 is 0 Å². The predicted molar refractivity (Wildman–Crippen MR) is 136 cm³/mol. The van der Waals surface area contributed by atoms with E-state index in [0.717, 1.165) is 12.8 Å². The summed E-state index contributed by atoms with van der Waals surface area (Å²) in [5.74, 6) is -3.38. The molecule has 37 heavy (non-hydrogen) atoms. The second-order valence-corrected chi connectivity index (χ2v) is 9.45. The highest BCUT2D eigenvalue weighted by molar-refractivity contribution is 5.77. The molecule has 0 aliphatic rings. The Morgan fingerprint density at radius 2 is 1.41 bits per heavy atom. The maximum Gasteiger partial charge on any atom is 0.508 e. The summed E-state index contributed by atoms with van der Waals surface area (Å²) < 4.78 is 20.9. The first-order chi connectivity index (χ1) is 17.4. The van der Waals surface area contributed by atoms with Crippen molar-refractivity contribution in [1.29, 1.82) is 0 Å². The van der Waals surface area contributed by atoms with E-state index in [1.807, 2.05) is 27.7 Å². The minimum absolute atomic E-state index is 0.00981. The molecule has 0 saturated heterocycles. The minimum Gasteiger partial charge on any atom is -0.480 e. The fourth-order valence-electron chi connectivity index (χ4n) is 3.59. The Morgan fingerprint density at radius 1 is 0.865 bits per heavy atom. The van der Waals surface area contributed by atoms with Crippen molar-refractivity contribution >= 4 is 24.1 Å². The topological polar surface area (TPSA) is 151 Å². The van der Waals surface area contributed by atoms with Gasteiger partial charge in [0.15, 0.2) is 11.5 Å². The van der Waals surface area contributed by atoms with Crippen LogP contribution in [0.5, 0.6) is 11.5 Å². The van der Waals surface area contributed by atoms with Gasteiger partial charge in [-0.15, -0.1) is 0 Å². The lowest BCUT2D eigenvalue weighted by Crippen LogP contribution is -2.40. The number of nitrogens with two attached hydrogens (primary N) is 1. The molecule has 1 aromatic carbocycles. The maximum absolute atomic E-state index is 12.6. The molecule has 0 radical (unpaired) electrons. The number of carbonyl (C=O) groups is 4. The Hall–Kier alpha value is -3.14. The van der Waals surface area contributed by atoms with Crippen LogP contribution in [0.15, 0.2) is 18.2 Å². The Kier molecular flexibility index (Phi) is 13.7. The van der Waals surface area contributed by atoms with Crippen LogP contribution in [0.3, 0.4) is 0 Å². The number of rotatable bonds is 15. The molecule has 4 unspecified atom stereocenters. The first-order valence-corrected chi connectivity index (χ1v) is 12.8. The zero-order valence-electron chi connectivity index (χ0n) is 22.7. The lowest BCUT2D eigenvalue weighted by molar-refractivity contribution is -0.139. The van der Waals surface area contributed by atoms with Gasteiger partial charge in [-0.1, -0.05) is 53.5 Å². The second-order valence-electron chi connectivity index (χ2n) is 9.45. The van der Waals surface area contributed by atoms with Crippen LogP contribution >= 0.6 is 0 Å². The average molecular weight is 524 g/mol. The molecule has 0 fully saturated rings. The molecule has 0 saturated carbocycles. The van der Waals surface area contributed by atoms with Crippen molar-refractivity contribution in [3.63, 3.8) is 0 Å². The van der Waals surface area contributed by atoms with Gasteiger partial charge in [-0.25, -0.2) is 4.79 Å². The van der Waals surface area contributed by atoms with Crippen LogP contribution in [0.25, 0.3) is 0 Å². The monoisotopic (exact) mass is 523 g/mol. The molecule has 0 aromatic heterocycles. The summed E-state index contributed by atoms with van der Waals surface area (Å²) in [6.45, 7) is 11.1. The number of benzene rings is 1. The summed E-state index contributed by atoms with van der Waals surface area (Å²) >= 11 is 0. The van der Waals surface area contributed by atoms with E-state index in [-0.39, 0.29) is 49.4 Å². The fourth-order valence-corrected chi connectivity index (χ4v) is 3.59. The first kappa shape index (κ1) is 31.9. The number of carboxylic acids is 1. The molecule has 0 heterocycles. The van der Waals surface area contributed by atoms with Gasteiger partial charge in [-0.05, 0) is 42.4 Å². The van der Waals surface area contributed by atoms with Crippen LogP contribution in [-0.2, 0) is 23.9 Å². The number of ether oxygens (including phenoxy) is 4. The van der Waals surface area contributed by atoms with Crippen LogP contribution in [0.4, 0.5) is 4.79 Å². The van der Waals surface area contributed by atoms with Crippen LogP contribution in [0.1, 0.15) is 78.7 Å². The summed E-state index contributed by atoms with van der Waals surface area (Å²) in [5.41, 5.74) is 6.44. The molecule has 10 nitrogen and oxygen atoms in total. The summed E-state index contributed by atoms with van der Waals surface area (Å²) in [6, 6.07) is 3.11. The predicted octanol–water partition coefficient (Wildman–Crippen LogP) is 4.67. The third-order valence-electron chi connectivity index (χ3n) is 6.24. The van der Waals surface area contributed by atoms with E-state index in [1.165, 1.54) is 12.1 Å². The largest absolute Gasteiger partial charge is 0.508 e. The van der Waals surface area contributed by atoms with Gasteiger partial charge >= 0.3 is 24.1 Å². The molecular weight excluding hydrogens is 482 g/mol. The first-order valence-electron chi connectivity index (χ1n) is 12.8. The van der Waals surface area contributed by atoms with Crippen molar-refractivity contribution in [2.24, 2.45) is 23.5 Å². The van der Waals surface area contributed by atoms with Gasteiger partial charge in [-0.3, -0.25) is 14.4 Å². The number of carbonyl (C=O) groups excluding carboxylic acids is 3. The second kappa shape index (κ2) is 15.9. The Bertz CT molecular complexity index is 917. The molecule has 0 bridgehead atoms. The fraction of sp³-hybridized carbons (Fsp3) is 0.630. The molecule has 0 spiro atoms. The number of esters is 2. The average Bonchev–Trinajstić information content (AvgIpc) is 2.84. The molecule has 0 aliphatic heterocycles. The highest BCUT2D eigenvalue weighted by Gasteiger charge is 2.33. The van der Waals surface area contributed by atoms with Crippen molar-refractivity contribution in [3.05, 3.63) is 23.8 Å². The van der Waals surface area contributed by atoms with E-state index in [0.29, 0.717) is 5.56 Å². The molecule has 1 rings (SSSR count). The van der Waals surface area contributed by atoms with E-state index in [9.17, 15) is 24.3 Å². The van der Waals surface area contributed by atoms with Gasteiger partial charge in [0.05, 0.1) is 13.2 Å². The third-order valence-corrected chi connectivity index (χ3v) is 6.24. The SMILES string of the molecule is CCOC(=O)OCC(C)C(c1ccc(OC(=O)CC(C)CC)c(OC(=O)CC(C)CC)c1)[C@H](N)C(=O)O. The van der Waals surface area contributed by atoms with Crippen molar-refractivity contribution < 1.29 is 43.2 Å². The lowest BCUT2D eigenvalue weighted by Gasteiger charge is -2.28. The number of hydrogen-bond donors (Lipinski definition) is 2. The minimum atomic E-state index is -1.36. The molecule has 1 aromatic rings. The molecule has 0 amide bonds. The molecular formula is C27H41NO9. The Labute approximate surface area is 218 Å². The van der Waals surface area contributed by atoms with E-state index in [2.05, 4.69) is 0 Å².